The zero-order valence-electron chi connectivity index (χ0n) is 31.3. The van der Waals surface area contributed by atoms with Crippen molar-refractivity contribution in [3.05, 3.63) is 47.0 Å². The van der Waals surface area contributed by atoms with Crippen LogP contribution < -0.4 is 14.2 Å². The van der Waals surface area contributed by atoms with Crippen molar-refractivity contribution < 1.29 is 32.3 Å². The fourth-order valence-corrected chi connectivity index (χ4v) is 9.85. The lowest BCUT2D eigenvalue weighted by Crippen LogP contribution is -2.49. The second kappa shape index (κ2) is 14.0. The van der Waals surface area contributed by atoms with Crippen LogP contribution >= 0.6 is 11.3 Å². The summed E-state index contributed by atoms with van der Waals surface area (Å²) in [6.45, 7) is 8.44. The first-order valence-corrected chi connectivity index (χ1v) is 20.9. The zero-order valence-corrected chi connectivity index (χ0v) is 32.9. The van der Waals surface area contributed by atoms with E-state index in [9.17, 15) is 22.8 Å². The Bertz CT molecular complexity index is 2090. The van der Waals surface area contributed by atoms with Crippen molar-refractivity contribution in [3.63, 3.8) is 0 Å². The fraction of sp³-hybridized carbons (Fsp3) is 0.564. The van der Waals surface area contributed by atoms with E-state index in [2.05, 4.69) is 18.6 Å². The first-order chi connectivity index (χ1) is 25.2. The smallest absolute Gasteiger partial charge is 0.245 e. The second-order valence-electron chi connectivity index (χ2n) is 15.8. The van der Waals surface area contributed by atoms with E-state index in [-0.39, 0.29) is 43.0 Å². The number of nitrogens with one attached hydrogen (secondary N) is 1. The highest BCUT2D eigenvalue weighted by atomic mass is 32.2. The molecule has 2 aliphatic heterocycles. The van der Waals surface area contributed by atoms with Gasteiger partial charge in [-0.2, -0.15) is 0 Å². The van der Waals surface area contributed by atoms with Crippen LogP contribution in [0.1, 0.15) is 89.3 Å². The molecule has 4 aliphatic rings. The molecule has 1 saturated heterocycles. The van der Waals surface area contributed by atoms with Crippen molar-refractivity contribution in [2.75, 3.05) is 27.2 Å². The van der Waals surface area contributed by atoms with Gasteiger partial charge < -0.3 is 19.3 Å². The highest BCUT2D eigenvalue weighted by molar-refractivity contribution is 7.91. The van der Waals surface area contributed by atoms with Gasteiger partial charge in [0.2, 0.25) is 27.7 Å². The number of thiazole rings is 1. The molecular formula is C39H49N5O7S2. The van der Waals surface area contributed by atoms with E-state index in [1.54, 1.807) is 30.9 Å². The molecular weight excluding hydrogens is 715 g/mol. The van der Waals surface area contributed by atoms with Gasteiger partial charge in [-0.05, 0) is 76.3 Å². The summed E-state index contributed by atoms with van der Waals surface area (Å²) in [5, 5.41) is 3.56. The first kappa shape index (κ1) is 37.3. The van der Waals surface area contributed by atoms with E-state index in [4.69, 9.17) is 19.4 Å². The Labute approximate surface area is 315 Å². The van der Waals surface area contributed by atoms with Crippen LogP contribution in [-0.2, 0) is 24.4 Å². The van der Waals surface area contributed by atoms with Crippen LogP contribution in [0.4, 0.5) is 0 Å². The predicted octanol–water partition coefficient (Wildman–Crippen LogP) is 5.74. The number of fused-ring (bicyclic) bond motifs is 3. The molecule has 7 rings (SSSR count). The summed E-state index contributed by atoms with van der Waals surface area (Å²) in [5.74, 6) is 0.0374. The first-order valence-electron chi connectivity index (χ1n) is 18.5. The number of carbonyl (C=O) groups excluding carboxylic acids is 3. The maximum absolute atomic E-state index is 14.4. The Morgan fingerprint density at radius 1 is 1.13 bits per heavy atom. The van der Waals surface area contributed by atoms with Crippen LogP contribution in [0, 0.1) is 18.3 Å². The van der Waals surface area contributed by atoms with Gasteiger partial charge in [-0.3, -0.25) is 19.1 Å². The van der Waals surface area contributed by atoms with Gasteiger partial charge in [0.05, 0.1) is 35.0 Å². The van der Waals surface area contributed by atoms with Gasteiger partial charge in [0, 0.05) is 48.8 Å². The van der Waals surface area contributed by atoms with Crippen LogP contribution in [0.25, 0.3) is 21.6 Å². The Hall–Kier alpha value is -4.04. The number of pyridine rings is 1. The van der Waals surface area contributed by atoms with E-state index in [0.29, 0.717) is 48.5 Å². The summed E-state index contributed by atoms with van der Waals surface area (Å²) in [7, 11) is -0.523. The number of likely N-dealkylation sites (N-methyl/N-ethyl adjacent to an activating group) is 1. The molecule has 0 bridgehead atoms. The number of hydrogen-bond acceptors (Lipinski definition) is 10. The van der Waals surface area contributed by atoms with Crippen molar-refractivity contribution in [1.29, 1.82) is 0 Å². The minimum atomic E-state index is -3.90. The average Bonchev–Trinajstić information content (AvgIpc) is 3.89. The second-order valence-corrected chi connectivity index (χ2v) is 18.8. The molecule has 4 heterocycles. The van der Waals surface area contributed by atoms with Gasteiger partial charge in [0.1, 0.15) is 34.3 Å². The molecule has 1 aromatic carbocycles. The molecule has 2 aliphatic carbocycles. The zero-order chi connectivity index (χ0) is 37.9. The third-order valence-corrected chi connectivity index (χ3v) is 14.6. The summed E-state index contributed by atoms with van der Waals surface area (Å²) in [6, 6.07) is 4.86. The molecule has 53 heavy (non-hydrogen) atoms. The monoisotopic (exact) mass is 763 g/mol. The predicted molar refractivity (Wildman–Crippen MR) is 203 cm³/mol. The van der Waals surface area contributed by atoms with Gasteiger partial charge >= 0.3 is 0 Å². The molecule has 1 N–H and O–H groups in total. The van der Waals surface area contributed by atoms with Gasteiger partial charge in [0.15, 0.2) is 0 Å². The van der Waals surface area contributed by atoms with Crippen LogP contribution in [0.3, 0.4) is 0 Å². The summed E-state index contributed by atoms with van der Waals surface area (Å²) >= 11 is 1.51. The molecule has 3 fully saturated rings. The van der Waals surface area contributed by atoms with Crippen LogP contribution in [-0.4, -0.2) is 90.0 Å². The Balaban J connectivity index is 1.21. The molecule has 14 heteroatoms. The molecule has 3 aromatic rings. The van der Waals surface area contributed by atoms with Crippen molar-refractivity contribution in [2.24, 2.45) is 11.3 Å². The Morgan fingerprint density at radius 2 is 1.91 bits per heavy atom. The number of allylic oxidation sites excluding steroid dienone is 2. The Morgan fingerprint density at radius 3 is 2.60 bits per heavy atom. The molecule has 0 unspecified atom stereocenters. The van der Waals surface area contributed by atoms with Gasteiger partial charge in [-0.25, -0.2) is 18.4 Å². The van der Waals surface area contributed by atoms with E-state index >= 15 is 0 Å². The maximum atomic E-state index is 14.4. The molecule has 12 nitrogen and oxygen atoms in total. The van der Waals surface area contributed by atoms with Crippen LogP contribution in [0.2, 0.25) is 0 Å². The molecule has 0 radical (unpaired) electrons. The van der Waals surface area contributed by atoms with E-state index < -0.39 is 38.2 Å². The lowest BCUT2D eigenvalue weighted by Gasteiger charge is -2.29. The van der Waals surface area contributed by atoms with E-state index in [0.717, 1.165) is 40.9 Å². The van der Waals surface area contributed by atoms with Crippen molar-refractivity contribution in [2.45, 2.75) is 102 Å². The number of nitrogens with zero attached hydrogens (tertiary/aromatic N) is 4. The van der Waals surface area contributed by atoms with Crippen molar-refractivity contribution >= 4 is 50.0 Å². The number of benzene rings is 1. The number of aryl methyl sites for hydroxylation is 1. The lowest BCUT2D eigenvalue weighted by molar-refractivity contribution is -0.144. The topological polar surface area (TPSA) is 148 Å². The normalized spacial score (nSPS) is 26.5. The van der Waals surface area contributed by atoms with Crippen molar-refractivity contribution in [3.8, 4) is 22.2 Å². The molecule has 4 atom stereocenters. The quantitative estimate of drug-likeness (QED) is 0.284. The number of rotatable bonds is 8. The van der Waals surface area contributed by atoms with E-state index in [1.165, 1.54) is 11.3 Å². The van der Waals surface area contributed by atoms with Crippen molar-refractivity contribution in [1.82, 2.24) is 24.5 Å². The minimum absolute atomic E-state index is 0.126. The number of ether oxygens (including phenoxy) is 2. The average molecular weight is 764 g/mol. The van der Waals surface area contributed by atoms with E-state index in [1.807, 2.05) is 42.7 Å². The number of amides is 3. The SMILES string of the molecule is COc1ccc2c(O[C@H]3C[C@H]4C(=O)N(C)CCCC/C=C\[C@@H]5C[C@@]5(C(=O)NS(=O)(=O)C5(C)CC5)CC(=O)N4C3)cc(-c3nc(C(C)C)cs3)nc2c1C. The van der Waals surface area contributed by atoms with Gasteiger partial charge in [-0.15, -0.1) is 11.3 Å². The largest absolute Gasteiger partial charge is 0.496 e. The summed E-state index contributed by atoms with van der Waals surface area (Å²) in [5.41, 5.74) is 1.98. The number of hydrogen-bond donors (Lipinski definition) is 1. The number of carbonyl (C=O) groups is 3. The van der Waals surface area contributed by atoms with Gasteiger partial charge in [-0.1, -0.05) is 26.0 Å². The minimum Gasteiger partial charge on any atom is -0.496 e. The van der Waals surface area contributed by atoms with Gasteiger partial charge in [0.25, 0.3) is 0 Å². The maximum Gasteiger partial charge on any atom is 0.245 e. The fourth-order valence-electron chi connectivity index (χ4n) is 7.58. The summed E-state index contributed by atoms with van der Waals surface area (Å²) < 4.78 is 40.0. The molecule has 284 valence electrons. The third kappa shape index (κ3) is 7.04. The van der Waals surface area contributed by atoms with Crippen LogP contribution in [0.5, 0.6) is 11.5 Å². The molecule has 3 amide bonds. The lowest BCUT2D eigenvalue weighted by atomic mass is 9.96. The number of methoxy groups -OCH3 is 1. The molecule has 2 saturated carbocycles. The summed E-state index contributed by atoms with van der Waals surface area (Å²) in [6.07, 6.45) is 7.21. The standard InChI is InChI=1S/C39H49N5O7S2/c1-23(2)29-22-52-35(41-29)28-18-32(27-12-13-31(50-6)24(3)34(27)40-28)51-26-17-30-36(46)43(5)16-10-8-7-9-11-25-19-39(25,20-33(45)44(30)21-26)37(47)42-53(48,49)38(4)14-15-38/h9,11-13,18,22-23,25-26,30H,7-8,10,14-17,19-21H2,1-6H3,(H,42,47)/b11-9-/t25-,26+,30+,39-/m1/s1. The third-order valence-electron chi connectivity index (χ3n) is 11.6. The highest BCUT2D eigenvalue weighted by Gasteiger charge is 2.62. The van der Waals surface area contributed by atoms with Crippen LogP contribution in [0.15, 0.2) is 35.7 Å². The molecule has 2 aromatic heterocycles. The number of sulfonamides is 1. The molecule has 0 spiro atoms. The summed E-state index contributed by atoms with van der Waals surface area (Å²) in [4.78, 5) is 55.3. The highest BCUT2D eigenvalue weighted by Crippen LogP contribution is 2.57. The Kier molecular flexibility index (Phi) is 9.84. The number of aromatic nitrogens is 2.